The van der Waals surface area contributed by atoms with Crippen LogP contribution in [-0.2, 0) is 0 Å². The Morgan fingerprint density at radius 2 is 2.00 bits per heavy atom. The molecule has 0 aliphatic rings. The molecule has 1 heterocycles. The maximum Gasteiger partial charge on any atom is 0.193 e. The zero-order chi connectivity index (χ0) is 16.2. The van der Waals surface area contributed by atoms with Gasteiger partial charge in [0.25, 0.3) is 0 Å². The van der Waals surface area contributed by atoms with E-state index in [0.717, 1.165) is 26.2 Å². The lowest BCUT2D eigenvalue weighted by Crippen LogP contribution is -2.23. The second kappa shape index (κ2) is 8.46. The first-order valence-electron chi connectivity index (χ1n) is 7.42. The molecule has 1 atom stereocenters. The number of guanidine groups is 1. The van der Waals surface area contributed by atoms with Gasteiger partial charge in [-0.2, -0.15) is 0 Å². The normalized spacial score (nSPS) is 12.7. The van der Waals surface area contributed by atoms with Crippen LogP contribution in [0.4, 0.5) is 5.69 Å². The van der Waals surface area contributed by atoms with Gasteiger partial charge in [0.15, 0.2) is 5.96 Å². The smallest absolute Gasteiger partial charge is 0.193 e. The maximum absolute atomic E-state index is 10.3. The molecule has 4 N–H and O–H groups in total. The summed E-state index contributed by atoms with van der Waals surface area (Å²) in [6, 6.07) is 18.0. The Morgan fingerprint density at radius 3 is 2.75 bits per heavy atom. The molecule has 2 aromatic carbocycles. The molecule has 1 aromatic heterocycles. The van der Waals surface area contributed by atoms with Crippen molar-refractivity contribution in [2.75, 3.05) is 11.9 Å². The molecule has 6 heteroatoms. The molecule has 4 nitrogen and oxygen atoms in total. The molecule has 0 aliphatic carbocycles. The Balaban J connectivity index is 0.00000208. The van der Waals surface area contributed by atoms with Crippen LogP contribution in [0.1, 0.15) is 16.5 Å². The van der Waals surface area contributed by atoms with Crippen molar-refractivity contribution in [1.29, 1.82) is 0 Å². The van der Waals surface area contributed by atoms with Crippen LogP contribution in [0.25, 0.3) is 10.1 Å². The number of nitrogens with zero attached hydrogens (tertiary/aromatic N) is 1. The minimum absolute atomic E-state index is 0. The second-order valence-corrected chi connectivity index (χ2v) is 6.54. The monoisotopic (exact) mass is 453 g/mol. The highest BCUT2D eigenvalue weighted by Gasteiger charge is 2.11. The molecule has 0 saturated carbocycles. The quantitative estimate of drug-likeness (QED) is 0.314. The molecule has 126 valence electrons. The molecule has 0 saturated heterocycles. The van der Waals surface area contributed by atoms with Crippen LogP contribution >= 0.6 is 35.3 Å². The van der Waals surface area contributed by atoms with Crippen LogP contribution in [0.5, 0.6) is 0 Å². The third kappa shape index (κ3) is 4.68. The lowest BCUT2D eigenvalue weighted by Gasteiger charge is -2.08. The Labute approximate surface area is 162 Å². The van der Waals surface area contributed by atoms with Gasteiger partial charge in [-0.25, -0.2) is 0 Å². The van der Waals surface area contributed by atoms with Gasteiger partial charge in [-0.3, -0.25) is 4.99 Å². The van der Waals surface area contributed by atoms with Crippen LogP contribution in [0, 0.1) is 6.92 Å². The van der Waals surface area contributed by atoms with Gasteiger partial charge in [0.05, 0.1) is 6.54 Å². The Kier molecular flexibility index (Phi) is 6.59. The summed E-state index contributed by atoms with van der Waals surface area (Å²) in [6.45, 7) is 2.25. The molecule has 0 amide bonds. The first-order chi connectivity index (χ1) is 11.1. The van der Waals surface area contributed by atoms with Gasteiger partial charge >= 0.3 is 0 Å². The number of aliphatic hydroxyl groups excluding tert-OH is 1. The molecule has 0 bridgehead atoms. The number of hydrogen-bond donors (Lipinski definition) is 3. The van der Waals surface area contributed by atoms with E-state index in [2.05, 4.69) is 10.3 Å². The van der Waals surface area contributed by atoms with Crippen molar-refractivity contribution in [3.8, 4) is 0 Å². The number of rotatable bonds is 4. The molecule has 1 unspecified atom stereocenters. The molecule has 24 heavy (non-hydrogen) atoms. The van der Waals surface area contributed by atoms with E-state index in [1.165, 1.54) is 0 Å². The second-order valence-electron chi connectivity index (χ2n) is 5.42. The molecular formula is C18H20IN3OS. The predicted molar refractivity (Wildman–Crippen MR) is 113 cm³/mol. The summed E-state index contributed by atoms with van der Waals surface area (Å²) in [6.07, 6.45) is -0.648. The predicted octanol–water partition coefficient (Wildman–Crippen LogP) is 4.29. The van der Waals surface area contributed by atoms with E-state index in [1.807, 2.05) is 61.5 Å². The van der Waals surface area contributed by atoms with E-state index < -0.39 is 6.10 Å². The minimum atomic E-state index is -0.648. The highest BCUT2D eigenvalue weighted by Crippen LogP contribution is 2.29. The van der Waals surface area contributed by atoms with Gasteiger partial charge in [-0.15, -0.1) is 35.3 Å². The number of aliphatic hydroxyl groups is 1. The fourth-order valence-electron chi connectivity index (χ4n) is 2.35. The van der Waals surface area contributed by atoms with E-state index in [0.29, 0.717) is 5.96 Å². The molecule has 0 radical (unpaired) electrons. The topological polar surface area (TPSA) is 70.6 Å². The van der Waals surface area contributed by atoms with E-state index in [1.54, 1.807) is 11.3 Å². The number of aryl methyl sites for hydroxylation is 1. The number of aliphatic imine (C=N–C) groups is 1. The van der Waals surface area contributed by atoms with Crippen molar-refractivity contribution in [3.63, 3.8) is 0 Å². The highest BCUT2D eigenvalue weighted by atomic mass is 127. The minimum Gasteiger partial charge on any atom is -0.386 e. The average molecular weight is 453 g/mol. The SMILES string of the molecule is Cc1cccc(NC(N)=NCC(O)c2cc3ccccc3s2)c1.I. The van der Waals surface area contributed by atoms with Crippen LogP contribution in [0.15, 0.2) is 59.6 Å². The number of halogens is 1. The van der Waals surface area contributed by atoms with E-state index in [-0.39, 0.29) is 30.5 Å². The number of nitrogens with two attached hydrogens (primary N) is 1. The zero-order valence-electron chi connectivity index (χ0n) is 13.3. The van der Waals surface area contributed by atoms with Gasteiger partial charge in [0.2, 0.25) is 0 Å². The number of benzene rings is 2. The Morgan fingerprint density at radius 1 is 1.21 bits per heavy atom. The van der Waals surface area contributed by atoms with Gasteiger partial charge in [-0.05, 0) is 42.1 Å². The summed E-state index contributed by atoms with van der Waals surface area (Å²) in [4.78, 5) is 5.14. The van der Waals surface area contributed by atoms with E-state index >= 15 is 0 Å². The molecular weight excluding hydrogens is 433 g/mol. The number of thiophene rings is 1. The van der Waals surface area contributed by atoms with E-state index in [9.17, 15) is 5.11 Å². The van der Waals surface area contributed by atoms with Crippen molar-refractivity contribution < 1.29 is 5.11 Å². The molecule has 0 fully saturated rings. The fourth-order valence-corrected chi connectivity index (χ4v) is 3.39. The largest absolute Gasteiger partial charge is 0.386 e. The van der Waals surface area contributed by atoms with Crippen LogP contribution in [-0.4, -0.2) is 17.6 Å². The van der Waals surface area contributed by atoms with Crippen molar-refractivity contribution >= 4 is 57.0 Å². The molecule has 0 aliphatic heterocycles. The van der Waals surface area contributed by atoms with Crippen LogP contribution in [0.3, 0.4) is 0 Å². The Bertz CT molecular complexity index is 814. The van der Waals surface area contributed by atoms with Crippen molar-refractivity contribution in [1.82, 2.24) is 0 Å². The number of hydrogen-bond acceptors (Lipinski definition) is 3. The van der Waals surface area contributed by atoms with Crippen molar-refractivity contribution in [3.05, 3.63) is 65.0 Å². The molecule has 0 spiro atoms. The summed E-state index contributed by atoms with van der Waals surface area (Å²) in [5.74, 6) is 0.302. The third-order valence-corrected chi connectivity index (χ3v) is 4.72. The van der Waals surface area contributed by atoms with Gasteiger partial charge in [-0.1, -0.05) is 30.3 Å². The standard InChI is InChI=1S/C18H19N3OS.HI/c1-12-5-4-7-14(9-12)21-18(19)20-11-15(22)17-10-13-6-2-3-8-16(13)23-17;/h2-10,15,22H,11H2,1H3,(H3,19,20,21);1H. The summed E-state index contributed by atoms with van der Waals surface area (Å²) < 4.78 is 1.16. The zero-order valence-corrected chi connectivity index (χ0v) is 16.4. The van der Waals surface area contributed by atoms with Crippen molar-refractivity contribution in [2.24, 2.45) is 10.7 Å². The molecule has 3 aromatic rings. The lowest BCUT2D eigenvalue weighted by atomic mass is 10.2. The van der Waals surface area contributed by atoms with Gasteiger partial charge in [0, 0.05) is 15.3 Å². The maximum atomic E-state index is 10.3. The average Bonchev–Trinajstić information content (AvgIpc) is 2.97. The first kappa shape index (κ1) is 18.7. The summed E-state index contributed by atoms with van der Waals surface area (Å²) >= 11 is 1.58. The van der Waals surface area contributed by atoms with Crippen LogP contribution in [0.2, 0.25) is 0 Å². The molecule has 3 rings (SSSR count). The van der Waals surface area contributed by atoms with Crippen LogP contribution < -0.4 is 11.1 Å². The number of nitrogens with one attached hydrogen (secondary N) is 1. The lowest BCUT2D eigenvalue weighted by molar-refractivity contribution is 0.191. The third-order valence-electron chi connectivity index (χ3n) is 3.50. The van der Waals surface area contributed by atoms with Gasteiger partial charge < -0.3 is 16.2 Å². The summed E-state index contributed by atoms with van der Waals surface area (Å²) in [5, 5.41) is 14.5. The summed E-state index contributed by atoms with van der Waals surface area (Å²) in [5.41, 5.74) is 7.93. The van der Waals surface area contributed by atoms with Gasteiger partial charge in [0.1, 0.15) is 6.10 Å². The highest BCUT2D eigenvalue weighted by molar-refractivity contribution is 14.0. The number of anilines is 1. The summed E-state index contributed by atoms with van der Waals surface area (Å²) in [7, 11) is 0. The Hall–Kier alpha value is -1.64. The van der Waals surface area contributed by atoms with Crippen molar-refractivity contribution in [2.45, 2.75) is 13.0 Å². The number of fused-ring (bicyclic) bond motifs is 1. The van der Waals surface area contributed by atoms with E-state index in [4.69, 9.17) is 5.73 Å². The fraction of sp³-hybridized carbons (Fsp3) is 0.167. The first-order valence-corrected chi connectivity index (χ1v) is 8.23.